The summed E-state index contributed by atoms with van der Waals surface area (Å²) in [7, 11) is -2.22. The number of aromatic nitrogens is 1. The van der Waals surface area contributed by atoms with Crippen LogP contribution in [0.15, 0.2) is 47.6 Å². The molecule has 0 bridgehead atoms. The van der Waals surface area contributed by atoms with Crippen molar-refractivity contribution in [2.24, 2.45) is 5.92 Å². The minimum absolute atomic E-state index is 0.0149. The van der Waals surface area contributed by atoms with Crippen molar-refractivity contribution < 1.29 is 23.1 Å². The van der Waals surface area contributed by atoms with E-state index in [0.29, 0.717) is 18.5 Å². The van der Waals surface area contributed by atoms with Gasteiger partial charge < -0.3 is 14.7 Å². The number of likely N-dealkylation sites (N-methyl/N-ethyl adjacent to an activating group) is 1. The van der Waals surface area contributed by atoms with Crippen molar-refractivity contribution in [3.05, 3.63) is 53.9 Å². The van der Waals surface area contributed by atoms with Gasteiger partial charge in [-0.1, -0.05) is 25.7 Å². The highest BCUT2D eigenvalue weighted by atomic mass is 32.2. The molecule has 1 amide bonds. The molecule has 1 aromatic heterocycles. The van der Waals surface area contributed by atoms with Crippen molar-refractivity contribution in [1.82, 2.24) is 14.2 Å². The van der Waals surface area contributed by atoms with Gasteiger partial charge in [0.05, 0.1) is 13.2 Å². The van der Waals surface area contributed by atoms with Crippen LogP contribution < -0.4 is 4.74 Å². The third kappa shape index (κ3) is 5.76. The molecule has 1 aliphatic heterocycles. The van der Waals surface area contributed by atoms with Gasteiger partial charge in [0.2, 0.25) is 15.9 Å². The average Bonchev–Trinajstić information content (AvgIpc) is 2.84. The molecule has 1 aromatic carbocycles. The maximum Gasteiger partial charge on any atom is 0.247 e. The lowest BCUT2D eigenvalue weighted by Gasteiger charge is -2.37. The number of carbonyl (C=O) groups is 1. The van der Waals surface area contributed by atoms with Crippen LogP contribution in [0.25, 0.3) is 0 Å². The minimum Gasteiger partial charge on any atom is -0.487 e. The summed E-state index contributed by atoms with van der Waals surface area (Å²) in [5, 5.41) is 9.74. The first kappa shape index (κ1) is 25.7. The number of fused-ring (bicyclic) bond motifs is 1. The maximum atomic E-state index is 13.5. The van der Waals surface area contributed by atoms with Crippen LogP contribution in [0.1, 0.15) is 38.3 Å². The molecule has 182 valence electrons. The Morgan fingerprint density at radius 2 is 2.06 bits per heavy atom. The number of rotatable bonds is 5. The van der Waals surface area contributed by atoms with E-state index in [0.717, 1.165) is 5.56 Å². The molecule has 0 unspecified atom stereocenters. The van der Waals surface area contributed by atoms with Gasteiger partial charge in [0.25, 0.3) is 0 Å². The molecule has 0 spiro atoms. The van der Waals surface area contributed by atoms with Crippen LogP contribution in [0.4, 0.5) is 0 Å². The van der Waals surface area contributed by atoms with Crippen LogP contribution in [-0.2, 0) is 14.8 Å². The summed E-state index contributed by atoms with van der Waals surface area (Å²) < 4.78 is 34.6. The zero-order valence-corrected chi connectivity index (χ0v) is 20.7. The highest BCUT2D eigenvalue weighted by molar-refractivity contribution is 7.89. The molecule has 9 heteroatoms. The lowest BCUT2D eigenvalue weighted by molar-refractivity contribution is -0.131. The SMILES string of the molecule is CCC(=O)N(C)C[C@@H]1Oc2cc(C#Cc3cccnc3)ccc2S(=O)(=O)N([C@@H](C)CO)C[C@H]1C. The molecule has 8 nitrogen and oxygen atoms in total. The van der Waals surface area contributed by atoms with Crippen LogP contribution in [0, 0.1) is 17.8 Å². The topological polar surface area (TPSA) is 100 Å². The highest BCUT2D eigenvalue weighted by Gasteiger charge is 2.38. The molecule has 0 fully saturated rings. The first-order valence-corrected chi connectivity index (χ1v) is 12.7. The number of aliphatic hydroxyl groups is 1. The fraction of sp³-hybridized carbons (Fsp3) is 0.440. The zero-order valence-electron chi connectivity index (χ0n) is 19.9. The van der Waals surface area contributed by atoms with Crippen molar-refractivity contribution in [1.29, 1.82) is 0 Å². The van der Waals surface area contributed by atoms with E-state index in [1.807, 2.05) is 13.0 Å². The molecule has 0 radical (unpaired) electrons. The number of ether oxygens (including phenoxy) is 1. The smallest absolute Gasteiger partial charge is 0.247 e. The normalized spacial score (nSPS) is 20.5. The van der Waals surface area contributed by atoms with E-state index in [1.54, 1.807) is 56.4 Å². The van der Waals surface area contributed by atoms with E-state index in [-0.39, 0.29) is 35.6 Å². The number of hydrogen-bond acceptors (Lipinski definition) is 6. The fourth-order valence-corrected chi connectivity index (χ4v) is 5.57. The number of sulfonamides is 1. The summed E-state index contributed by atoms with van der Waals surface area (Å²) >= 11 is 0. The molecule has 3 rings (SSSR count). The van der Waals surface area contributed by atoms with Gasteiger partial charge in [-0.3, -0.25) is 9.78 Å². The van der Waals surface area contributed by atoms with Crippen molar-refractivity contribution >= 4 is 15.9 Å². The lowest BCUT2D eigenvalue weighted by atomic mass is 10.0. The Hall–Kier alpha value is -2.93. The Kier molecular flexibility index (Phi) is 8.31. The van der Waals surface area contributed by atoms with E-state index in [2.05, 4.69) is 16.8 Å². The van der Waals surface area contributed by atoms with Crippen molar-refractivity contribution in [3.63, 3.8) is 0 Å². The van der Waals surface area contributed by atoms with Gasteiger partial charge in [-0.25, -0.2) is 8.42 Å². The molecule has 0 saturated heterocycles. The number of amides is 1. The van der Waals surface area contributed by atoms with E-state index in [4.69, 9.17) is 4.74 Å². The Labute approximate surface area is 201 Å². The van der Waals surface area contributed by atoms with E-state index < -0.39 is 22.2 Å². The second-order valence-electron chi connectivity index (χ2n) is 8.52. The Bertz CT molecular complexity index is 1170. The monoisotopic (exact) mass is 485 g/mol. The fourth-order valence-electron chi connectivity index (χ4n) is 3.74. The molecule has 34 heavy (non-hydrogen) atoms. The number of nitrogens with zero attached hydrogens (tertiary/aromatic N) is 3. The number of hydrogen-bond donors (Lipinski definition) is 1. The molecular formula is C25H31N3O5S. The van der Waals surface area contributed by atoms with Crippen LogP contribution in [0.5, 0.6) is 5.75 Å². The van der Waals surface area contributed by atoms with Crippen molar-refractivity contribution in [2.75, 3.05) is 26.7 Å². The second-order valence-corrected chi connectivity index (χ2v) is 10.4. The Morgan fingerprint density at radius 3 is 2.71 bits per heavy atom. The summed E-state index contributed by atoms with van der Waals surface area (Å²) in [6.45, 7) is 5.50. The number of carbonyl (C=O) groups excluding carboxylic acids is 1. The molecule has 0 aliphatic carbocycles. The molecule has 2 heterocycles. The third-order valence-corrected chi connectivity index (χ3v) is 7.88. The average molecular weight is 486 g/mol. The maximum absolute atomic E-state index is 13.5. The molecule has 0 saturated carbocycles. The first-order chi connectivity index (χ1) is 16.2. The van der Waals surface area contributed by atoms with E-state index in [1.165, 1.54) is 10.4 Å². The number of benzene rings is 1. The minimum atomic E-state index is -3.93. The van der Waals surface area contributed by atoms with Gasteiger partial charge in [0.15, 0.2) is 0 Å². The standard InChI is InChI=1S/C25H31N3O5S/c1-5-25(30)27(4)16-23-18(2)15-28(19(3)17-29)34(31,32)24-11-10-20(13-22(24)33-23)8-9-21-7-6-12-26-14-21/h6-7,10-14,18-19,23,29H,5,15-17H2,1-4H3/t18-,19+,23+/m1/s1. The van der Waals surface area contributed by atoms with Gasteiger partial charge >= 0.3 is 0 Å². The highest BCUT2D eigenvalue weighted by Crippen LogP contribution is 2.34. The van der Waals surface area contributed by atoms with E-state index in [9.17, 15) is 18.3 Å². The van der Waals surface area contributed by atoms with Gasteiger partial charge in [-0.15, -0.1) is 0 Å². The van der Waals surface area contributed by atoms with E-state index >= 15 is 0 Å². The van der Waals surface area contributed by atoms with Gasteiger partial charge in [-0.2, -0.15) is 4.31 Å². The predicted molar refractivity (Wildman–Crippen MR) is 129 cm³/mol. The van der Waals surface area contributed by atoms with Crippen molar-refractivity contribution in [3.8, 4) is 17.6 Å². The number of aliphatic hydroxyl groups excluding tert-OH is 1. The summed E-state index contributed by atoms with van der Waals surface area (Å²) in [5.41, 5.74) is 1.32. The summed E-state index contributed by atoms with van der Waals surface area (Å²) in [5.74, 6) is 5.96. The summed E-state index contributed by atoms with van der Waals surface area (Å²) in [4.78, 5) is 17.9. The Morgan fingerprint density at radius 1 is 1.32 bits per heavy atom. The van der Waals surface area contributed by atoms with Crippen molar-refractivity contribution in [2.45, 2.75) is 44.2 Å². The molecule has 1 N–H and O–H groups in total. The quantitative estimate of drug-likeness (QED) is 0.652. The van der Waals surface area contributed by atoms with Crippen LogP contribution in [0.3, 0.4) is 0 Å². The lowest BCUT2D eigenvalue weighted by Crippen LogP contribution is -2.50. The largest absolute Gasteiger partial charge is 0.487 e. The molecule has 1 aliphatic rings. The zero-order chi connectivity index (χ0) is 24.9. The molecular weight excluding hydrogens is 454 g/mol. The molecule has 3 atom stereocenters. The van der Waals surface area contributed by atoms with Gasteiger partial charge in [0, 0.05) is 55.5 Å². The van der Waals surface area contributed by atoms with Gasteiger partial charge in [0.1, 0.15) is 16.7 Å². The number of pyridine rings is 1. The predicted octanol–water partition coefficient (Wildman–Crippen LogP) is 2.12. The van der Waals surface area contributed by atoms with Crippen LogP contribution in [0.2, 0.25) is 0 Å². The third-order valence-electron chi connectivity index (χ3n) is 5.86. The summed E-state index contributed by atoms with van der Waals surface area (Å²) in [6.07, 6.45) is 3.22. The summed E-state index contributed by atoms with van der Waals surface area (Å²) in [6, 6.07) is 7.75. The molecule has 2 aromatic rings. The van der Waals surface area contributed by atoms with Crippen LogP contribution in [-0.4, -0.2) is 72.5 Å². The first-order valence-electron chi connectivity index (χ1n) is 11.3. The Balaban J connectivity index is 2.06. The van der Waals surface area contributed by atoms with Crippen LogP contribution >= 0.6 is 0 Å². The second kappa shape index (κ2) is 11.0. The van der Waals surface area contributed by atoms with Gasteiger partial charge in [-0.05, 0) is 37.3 Å².